The van der Waals surface area contributed by atoms with Crippen LogP contribution >= 0.6 is 11.8 Å². The first-order valence-electron chi connectivity index (χ1n) is 8.77. The molecule has 0 aliphatic carbocycles. The molecule has 2 N–H and O–H groups in total. The number of rotatable bonds is 6. The molecule has 0 aliphatic heterocycles. The summed E-state index contributed by atoms with van der Waals surface area (Å²) in [5.74, 6) is -0.479. The minimum absolute atomic E-state index is 0.0696. The van der Waals surface area contributed by atoms with Crippen LogP contribution < -0.4 is 10.9 Å². The van der Waals surface area contributed by atoms with Crippen LogP contribution in [-0.2, 0) is 11.3 Å². The van der Waals surface area contributed by atoms with Gasteiger partial charge in [-0.05, 0) is 29.8 Å². The number of carbonyl (C=O) groups excluding carboxylic acids is 1. The Morgan fingerprint density at radius 2 is 1.90 bits per heavy atom. The summed E-state index contributed by atoms with van der Waals surface area (Å²) in [6.07, 6.45) is 1.44. The van der Waals surface area contributed by atoms with Crippen molar-refractivity contribution in [1.29, 1.82) is 0 Å². The van der Waals surface area contributed by atoms with Gasteiger partial charge in [-0.25, -0.2) is 9.37 Å². The molecule has 2 heterocycles. The second-order valence-corrected chi connectivity index (χ2v) is 7.14. The number of carbonyl (C=O) groups is 1. The summed E-state index contributed by atoms with van der Waals surface area (Å²) in [5, 5.41) is 10.1. The molecule has 9 heteroatoms. The van der Waals surface area contributed by atoms with E-state index in [1.54, 1.807) is 24.3 Å². The number of hydrogen-bond donors (Lipinski definition) is 2. The Morgan fingerprint density at radius 3 is 2.66 bits per heavy atom. The van der Waals surface area contributed by atoms with E-state index >= 15 is 0 Å². The summed E-state index contributed by atoms with van der Waals surface area (Å²) in [6.45, 7) is 0.290. The molecule has 146 valence electrons. The van der Waals surface area contributed by atoms with Gasteiger partial charge in [0.2, 0.25) is 5.91 Å². The Balaban J connectivity index is 1.53. The van der Waals surface area contributed by atoms with E-state index in [1.807, 2.05) is 18.2 Å². The third-order valence-corrected chi connectivity index (χ3v) is 5.14. The second-order valence-electron chi connectivity index (χ2n) is 6.19. The van der Waals surface area contributed by atoms with Crippen molar-refractivity contribution in [2.45, 2.75) is 11.7 Å². The molecule has 0 atom stereocenters. The Kier molecular flexibility index (Phi) is 5.39. The number of nitrogens with one attached hydrogen (secondary N) is 2. The van der Waals surface area contributed by atoms with Crippen molar-refractivity contribution in [3.05, 3.63) is 82.5 Å². The number of benzene rings is 2. The van der Waals surface area contributed by atoms with E-state index in [1.165, 1.54) is 22.9 Å². The predicted molar refractivity (Wildman–Crippen MR) is 108 cm³/mol. The van der Waals surface area contributed by atoms with E-state index in [0.717, 1.165) is 17.3 Å². The molecule has 0 fully saturated rings. The number of thioether (sulfide) groups is 1. The molecule has 29 heavy (non-hydrogen) atoms. The van der Waals surface area contributed by atoms with E-state index in [0.29, 0.717) is 21.9 Å². The minimum atomic E-state index is -0.324. The van der Waals surface area contributed by atoms with Crippen LogP contribution in [0.1, 0.15) is 5.56 Å². The molecule has 1 amide bonds. The largest absolute Gasteiger partial charge is 0.351 e. The molecule has 0 saturated carbocycles. The van der Waals surface area contributed by atoms with Crippen LogP contribution in [0.3, 0.4) is 0 Å². The zero-order chi connectivity index (χ0) is 20.2. The third-order valence-electron chi connectivity index (χ3n) is 4.20. The molecule has 0 radical (unpaired) electrons. The van der Waals surface area contributed by atoms with Crippen LogP contribution in [-0.4, -0.2) is 31.4 Å². The van der Waals surface area contributed by atoms with E-state index < -0.39 is 0 Å². The molecule has 0 saturated heterocycles. The molecule has 0 aliphatic rings. The number of hydrogen-bond acceptors (Lipinski definition) is 5. The Morgan fingerprint density at radius 1 is 1.14 bits per heavy atom. The van der Waals surface area contributed by atoms with E-state index in [-0.39, 0.29) is 29.6 Å². The average molecular weight is 409 g/mol. The number of amides is 1. The molecule has 2 aromatic carbocycles. The number of halogens is 1. The highest BCUT2D eigenvalue weighted by atomic mass is 32.2. The summed E-state index contributed by atoms with van der Waals surface area (Å²) in [4.78, 5) is 29.6. The SMILES string of the molecule is O=C(CSc1nc2[nH]ncc2c(=O)n1-c1ccccc1)NCc1ccc(F)cc1. The van der Waals surface area contributed by atoms with Crippen molar-refractivity contribution in [3.8, 4) is 5.69 Å². The maximum atomic E-state index is 13.0. The van der Waals surface area contributed by atoms with Gasteiger partial charge in [0.25, 0.3) is 5.56 Å². The van der Waals surface area contributed by atoms with Crippen molar-refractivity contribution < 1.29 is 9.18 Å². The van der Waals surface area contributed by atoms with Gasteiger partial charge in [-0.1, -0.05) is 42.1 Å². The Bertz CT molecular complexity index is 1210. The van der Waals surface area contributed by atoms with Gasteiger partial charge in [-0.3, -0.25) is 19.3 Å². The predicted octanol–water partition coefficient (Wildman–Crippen LogP) is 2.66. The van der Waals surface area contributed by atoms with Gasteiger partial charge in [0.05, 0.1) is 17.6 Å². The normalized spacial score (nSPS) is 10.9. The van der Waals surface area contributed by atoms with Crippen LogP contribution in [0.4, 0.5) is 4.39 Å². The third kappa shape index (κ3) is 4.19. The maximum absolute atomic E-state index is 13.0. The number of para-hydroxylation sites is 1. The lowest BCUT2D eigenvalue weighted by atomic mass is 10.2. The van der Waals surface area contributed by atoms with Gasteiger partial charge in [-0.15, -0.1) is 0 Å². The summed E-state index contributed by atoms with van der Waals surface area (Å²) >= 11 is 1.15. The zero-order valence-electron chi connectivity index (χ0n) is 15.1. The lowest BCUT2D eigenvalue weighted by Crippen LogP contribution is -2.26. The van der Waals surface area contributed by atoms with Gasteiger partial charge >= 0.3 is 0 Å². The topological polar surface area (TPSA) is 92.7 Å². The molecule has 0 spiro atoms. The number of aromatic nitrogens is 4. The van der Waals surface area contributed by atoms with Gasteiger partial charge in [0.1, 0.15) is 11.2 Å². The fourth-order valence-electron chi connectivity index (χ4n) is 2.76. The molecule has 4 rings (SSSR count). The van der Waals surface area contributed by atoms with Crippen molar-refractivity contribution in [1.82, 2.24) is 25.1 Å². The van der Waals surface area contributed by atoms with Gasteiger partial charge in [0, 0.05) is 6.54 Å². The van der Waals surface area contributed by atoms with E-state index in [4.69, 9.17) is 0 Å². The summed E-state index contributed by atoms with van der Waals surface area (Å²) in [5.41, 5.74) is 1.56. The summed E-state index contributed by atoms with van der Waals surface area (Å²) in [6, 6.07) is 15.0. The van der Waals surface area contributed by atoms with E-state index in [9.17, 15) is 14.0 Å². The smallest absolute Gasteiger partial charge is 0.269 e. The van der Waals surface area contributed by atoms with Crippen LogP contribution in [0.5, 0.6) is 0 Å². The molecule has 0 unspecified atom stereocenters. The lowest BCUT2D eigenvalue weighted by molar-refractivity contribution is -0.118. The molecule has 2 aromatic heterocycles. The first-order valence-corrected chi connectivity index (χ1v) is 9.76. The highest BCUT2D eigenvalue weighted by Crippen LogP contribution is 2.20. The monoisotopic (exact) mass is 409 g/mol. The number of fused-ring (bicyclic) bond motifs is 1. The van der Waals surface area contributed by atoms with Crippen LogP contribution in [0.15, 0.2) is 70.7 Å². The van der Waals surface area contributed by atoms with Crippen molar-refractivity contribution in [2.24, 2.45) is 0 Å². The van der Waals surface area contributed by atoms with Crippen molar-refractivity contribution >= 4 is 28.7 Å². The Hall–Kier alpha value is -3.46. The minimum Gasteiger partial charge on any atom is -0.351 e. The first-order chi connectivity index (χ1) is 14.1. The Labute approximate surface area is 169 Å². The fraction of sp³-hybridized carbons (Fsp3) is 0.100. The number of nitrogens with zero attached hydrogens (tertiary/aromatic N) is 3. The maximum Gasteiger partial charge on any atom is 0.269 e. The fourth-order valence-corrected chi connectivity index (χ4v) is 3.60. The van der Waals surface area contributed by atoms with Crippen LogP contribution in [0.2, 0.25) is 0 Å². The number of H-pyrrole nitrogens is 1. The summed E-state index contributed by atoms with van der Waals surface area (Å²) < 4.78 is 14.4. The average Bonchev–Trinajstić information content (AvgIpc) is 3.21. The highest BCUT2D eigenvalue weighted by Gasteiger charge is 2.15. The molecular weight excluding hydrogens is 393 g/mol. The van der Waals surface area contributed by atoms with Gasteiger partial charge < -0.3 is 5.32 Å². The first kappa shape index (κ1) is 18.9. The van der Waals surface area contributed by atoms with Crippen LogP contribution in [0.25, 0.3) is 16.7 Å². The van der Waals surface area contributed by atoms with Crippen molar-refractivity contribution in [2.75, 3.05) is 5.75 Å². The van der Waals surface area contributed by atoms with Gasteiger partial charge in [-0.2, -0.15) is 5.10 Å². The molecule has 0 bridgehead atoms. The molecular formula is C20H16FN5O2S. The summed E-state index contributed by atoms with van der Waals surface area (Å²) in [7, 11) is 0. The second kappa shape index (κ2) is 8.27. The van der Waals surface area contributed by atoms with Crippen LogP contribution in [0, 0.1) is 5.82 Å². The zero-order valence-corrected chi connectivity index (χ0v) is 15.9. The van der Waals surface area contributed by atoms with Gasteiger partial charge in [0.15, 0.2) is 10.8 Å². The quantitative estimate of drug-likeness (QED) is 0.377. The molecule has 4 aromatic rings. The van der Waals surface area contributed by atoms with Crippen molar-refractivity contribution in [3.63, 3.8) is 0 Å². The molecule has 7 nitrogen and oxygen atoms in total. The standard InChI is InChI=1S/C20H16FN5O2S/c21-14-8-6-13(7-9-14)10-22-17(27)12-29-20-24-18-16(11-23-25-18)19(28)26(20)15-4-2-1-3-5-15/h1-9,11H,10,12H2,(H,22,27)(H,23,25). The highest BCUT2D eigenvalue weighted by molar-refractivity contribution is 7.99. The van der Waals surface area contributed by atoms with E-state index in [2.05, 4.69) is 20.5 Å². The lowest BCUT2D eigenvalue weighted by Gasteiger charge is -2.12. The number of aromatic amines is 1.